The van der Waals surface area contributed by atoms with Crippen LogP contribution in [0.5, 0.6) is 0 Å². The van der Waals surface area contributed by atoms with E-state index in [4.69, 9.17) is 0 Å². The van der Waals surface area contributed by atoms with Gasteiger partial charge in [-0.05, 0) is 41.2 Å². The number of pyridine rings is 1. The number of benzene rings is 1. The number of imidazole rings is 1. The Morgan fingerprint density at radius 2 is 1.88 bits per heavy atom. The zero-order valence-corrected chi connectivity index (χ0v) is 19.5. The average Bonchev–Trinajstić information content (AvgIpc) is 3.45. The Balaban J connectivity index is 1.60. The Bertz CT molecular complexity index is 1220. The molecule has 0 saturated carbocycles. The van der Waals surface area contributed by atoms with Gasteiger partial charge in [0.25, 0.3) is 0 Å². The van der Waals surface area contributed by atoms with E-state index < -0.39 is 0 Å². The number of aromatic amines is 1. The van der Waals surface area contributed by atoms with Crippen molar-refractivity contribution in [2.45, 2.75) is 59.5 Å². The van der Waals surface area contributed by atoms with Gasteiger partial charge in [0, 0.05) is 42.0 Å². The minimum absolute atomic E-state index is 0.0749. The van der Waals surface area contributed by atoms with Gasteiger partial charge in [0.1, 0.15) is 0 Å². The number of unbranched alkanes of at least 4 members (excludes halogenated alkanes) is 2. The van der Waals surface area contributed by atoms with Gasteiger partial charge in [0.05, 0.1) is 6.54 Å². The van der Waals surface area contributed by atoms with E-state index in [1.807, 2.05) is 21.4 Å². The Kier molecular flexibility index (Phi) is 7.12. The highest BCUT2D eigenvalue weighted by Crippen LogP contribution is 2.29. The summed E-state index contributed by atoms with van der Waals surface area (Å²) in [4.78, 5) is 17.4. The third-order valence-electron chi connectivity index (χ3n) is 5.74. The van der Waals surface area contributed by atoms with Gasteiger partial charge >= 0.3 is 5.69 Å². The zero-order valence-electron chi connectivity index (χ0n) is 19.5. The molecule has 0 atom stereocenters. The van der Waals surface area contributed by atoms with Gasteiger partial charge in [0.2, 0.25) is 5.82 Å². The largest absolute Gasteiger partial charge is 0.328 e. The summed E-state index contributed by atoms with van der Waals surface area (Å²) in [7, 11) is 0. The summed E-state index contributed by atoms with van der Waals surface area (Å²) in [5.41, 5.74) is 5.10. The molecule has 8 nitrogen and oxygen atoms in total. The second-order valence-corrected chi connectivity index (χ2v) is 8.85. The third-order valence-corrected chi connectivity index (χ3v) is 5.74. The van der Waals surface area contributed by atoms with Crippen molar-refractivity contribution >= 4 is 0 Å². The van der Waals surface area contributed by atoms with Crippen molar-refractivity contribution in [2.24, 2.45) is 5.92 Å². The number of nitrogens with one attached hydrogen (secondary N) is 1. The summed E-state index contributed by atoms with van der Waals surface area (Å²) >= 11 is 0. The number of H-pyrrole nitrogens is 1. The maximum atomic E-state index is 13.1. The molecule has 3 aromatic heterocycles. The van der Waals surface area contributed by atoms with E-state index in [-0.39, 0.29) is 5.69 Å². The van der Waals surface area contributed by atoms with Crippen LogP contribution in [0.15, 0.2) is 53.7 Å². The molecule has 0 bridgehead atoms. The molecule has 0 fully saturated rings. The molecule has 0 unspecified atom stereocenters. The molecule has 0 aliphatic rings. The molecule has 8 heteroatoms. The standard InChI is InChI=1S/C25H31N7O/c1-4-5-6-7-21-17-31(15-18(2)3)25(33)32(21)16-19-8-10-20(11-9-19)23-14-26-13-12-22(23)24-27-29-30-28-24/h8-14,17-18H,4-7,15-16H2,1-3H3,(H,27,28,29,30). The van der Waals surface area contributed by atoms with Crippen LogP contribution in [0.25, 0.3) is 22.5 Å². The molecular formula is C25H31N7O. The molecule has 0 aliphatic carbocycles. The van der Waals surface area contributed by atoms with Crippen LogP contribution in [-0.4, -0.2) is 34.7 Å². The Hall–Kier alpha value is -3.55. The summed E-state index contributed by atoms with van der Waals surface area (Å²) in [6.07, 6.45) is 9.95. The van der Waals surface area contributed by atoms with Crippen LogP contribution < -0.4 is 5.69 Å². The predicted molar refractivity (Wildman–Crippen MR) is 129 cm³/mol. The van der Waals surface area contributed by atoms with Crippen LogP contribution in [0.3, 0.4) is 0 Å². The number of aryl methyl sites for hydroxylation is 1. The van der Waals surface area contributed by atoms with Crippen molar-refractivity contribution < 1.29 is 0 Å². The fourth-order valence-corrected chi connectivity index (χ4v) is 4.10. The normalized spacial score (nSPS) is 11.4. The highest BCUT2D eigenvalue weighted by atomic mass is 16.1. The lowest BCUT2D eigenvalue weighted by Crippen LogP contribution is -2.26. The number of hydrogen-bond donors (Lipinski definition) is 1. The molecule has 0 aliphatic heterocycles. The van der Waals surface area contributed by atoms with Crippen LogP contribution in [0, 0.1) is 5.92 Å². The van der Waals surface area contributed by atoms with Crippen LogP contribution in [0.1, 0.15) is 51.3 Å². The molecule has 1 aromatic carbocycles. The highest BCUT2D eigenvalue weighted by Gasteiger charge is 2.14. The maximum absolute atomic E-state index is 13.1. The lowest BCUT2D eigenvalue weighted by atomic mass is 10.0. The molecule has 0 spiro atoms. The molecule has 0 amide bonds. The first-order valence-corrected chi connectivity index (χ1v) is 11.6. The second kappa shape index (κ2) is 10.4. The van der Waals surface area contributed by atoms with Crippen LogP contribution in [-0.2, 0) is 19.5 Å². The fraction of sp³-hybridized carbons (Fsp3) is 0.400. The number of tetrazole rings is 1. The van der Waals surface area contributed by atoms with Gasteiger partial charge in [-0.25, -0.2) is 4.79 Å². The van der Waals surface area contributed by atoms with Gasteiger partial charge in [-0.15, -0.1) is 10.2 Å². The molecule has 4 rings (SSSR count). The van der Waals surface area contributed by atoms with Crippen molar-refractivity contribution in [1.29, 1.82) is 0 Å². The fourth-order valence-electron chi connectivity index (χ4n) is 4.10. The van der Waals surface area contributed by atoms with Crippen LogP contribution in [0.4, 0.5) is 0 Å². The quantitative estimate of drug-likeness (QED) is 0.367. The van der Waals surface area contributed by atoms with Gasteiger partial charge in [-0.2, -0.15) is 5.21 Å². The topological polar surface area (TPSA) is 94.3 Å². The Labute approximate surface area is 193 Å². The molecule has 3 heterocycles. The smallest absolute Gasteiger partial charge is 0.299 e. The summed E-state index contributed by atoms with van der Waals surface area (Å²) in [5, 5.41) is 14.4. The van der Waals surface area contributed by atoms with E-state index in [1.54, 1.807) is 6.20 Å². The monoisotopic (exact) mass is 445 g/mol. The SMILES string of the molecule is CCCCCc1cn(CC(C)C)c(=O)n1Cc1ccc(-c2cnccc2-c2nn[nH]n2)cc1. The van der Waals surface area contributed by atoms with Crippen LogP contribution >= 0.6 is 0 Å². The molecule has 33 heavy (non-hydrogen) atoms. The number of nitrogens with zero attached hydrogens (tertiary/aromatic N) is 6. The van der Waals surface area contributed by atoms with Crippen LogP contribution in [0.2, 0.25) is 0 Å². The highest BCUT2D eigenvalue weighted by molar-refractivity contribution is 5.79. The molecule has 4 aromatic rings. The molecule has 0 radical (unpaired) electrons. The first-order chi connectivity index (χ1) is 16.1. The average molecular weight is 446 g/mol. The third kappa shape index (κ3) is 5.27. The first kappa shape index (κ1) is 22.6. The maximum Gasteiger partial charge on any atom is 0.328 e. The zero-order chi connectivity index (χ0) is 23.2. The molecular weight excluding hydrogens is 414 g/mol. The first-order valence-electron chi connectivity index (χ1n) is 11.6. The van der Waals surface area contributed by atoms with Gasteiger partial charge in [-0.1, -0.05) is 57.9 Å². The lowest BCUT2D eigenvalue weighted by Gasteiger charge is -2.10. The van der Waals surface area contributed by atoms with Crippen molar-refractivity contribution in [3.63, 3.8) is 0 Å². The van der Waals surface area contributed by atoms with E-state index in [9.17, 15) is 4.79 Å². The van der Waals surface area contributed by atoms with Crippen molar-refractivity contribution in [1.82, 2.24) is 34.7 Å². The minimum atomic E-state index is 0.0749. The lowest BCUT2D eigenvalue weighted by molar-refractivity contribution is 0.503. The summed E-state index contributed by atoms with van der Waals surface area (Å²) in [5.74, 6) is 0.959. The summed E-state index contributed by atoms with van der Waals surface area (Å²) in [6.45, 7) is 7.79. The van der Waals surface area contributed by atoms with Crippen molar-refractivity contribution in [2.75, 3.05) is 0 Å². The second-order valence-electron chi connectivity index (χ2n) is 8.85. The number of hydrogen-bond acceptors (Lipinski definition) is 5. The summed E-state index contributed by atoms with van der Waals surface area (Å²) < 4.78 is 3.80. The van der Waals surface area contributed by atoms with E-state index in [2.05, 4.69) is 76.8 Å². The van der Waals surface area contributed by atoms with Crippen molar-refractivity contribution in [3.05, 3.63) is 70.7 Å². The predicted octanol–water partition coefficient (Wildman–Crippen LogP) is 4.33. The van der Waals surface area contributed by atoms with Crippen molar-refractivity contribution in [3.8, 4) is 22.5 Å². The Morgan fingerprint density at radius 3 is 2.58 bits per heavy atom. The van der Waals surface area contributed by atoms with Gasteiger partial charge in [-0.3, -0.25) is 14.1 Å². The van der Waals surface area contributed by atoms with E-state index in [0.29, 0.717) is 18.3 Å². The summed E-state index contributed by atoms with van der Waals surface area (Å²) in [6, 6.07) is 10.1. The molecule has 0 saturated heterocycles. The number of aromatic nitrogens is 7. The molecule has 172 valence electrons. The Morgan fingerprint density at radius 1 is 1.06 bits per heavy atom. The molecule has 1 N–H and O–H groups in total. The minimum Gasteiger partial charge on any atom is -0.299 e. The van der Waals surface area contributed by atoms with E-state index >= 15 is 0 Å². The van der Waals surface area contributed by atoms with E-state index in [1.165, 1.54) is 12.8 Å². The number of rotatable bonds is 10. The van der Waals surface area contributed by atoms with Gasteiger partial charge in [0.15, 0.2) is 0 Å². The van der Waals surface area contributed by atoms with Gasteiger partial charge < -0.3 is 0 Å². The van der Waals surface area contributed by atoms with E-state index in [0.717, 1.165) is 47.3 Å².